The van der Waals surface area contributed by atoms with Crippen LogP contribution in [0.15, 0.2) is 74.5 Å². The fourth-order valence-electron chi connectivity index (χ4n) is 3.10. The maximum absolute atomic E-state index is 12.8. The molecule has 4 rings (SSSR count). The van der Waals surface area contributed by atoms with Gasteiger partial charge in [-0.2, -0.15) is 0 Å². The average Bonchev–Trinajstić information content (AvgIpc) is 2.74. The Balaban J connectivity index is 1.61. The zero-order chi connectivity index (χ0) is 22.1. The minimum absolute atomic E-state index is 0.0486. The van der Waals surface area contributed by atoms with E-state index in [0.717, 1.165) is 15.6 Å². The van der Waals surface area contributed by atoms with E-state index in [1.165, 1.54) is 24.5 Å². The number of carbonyl (C=O) groups excluding carboxylic acids is 1. The van der Waals surface area contributed by atoms with Crippen molar-refractivity contribution >= 4 is 44.5 Å². The number of rotatable bonds is 4. The monoisotopic (exact) mass is 498 g/mol. The first-order valence-electron chi connectivity index (χ1n) is 9.30. The lowest BCUT2D eigenvalue weighted by Crippen LogP contribution is -2.09. The van der Waals surface area contributed by atoms with Gasteiger partial charge in [-0.05, 0) is 67.4 Å². The predicted molar refractivity (Wildman–Crippen MR) is 123 cm³/mol. The van der Waals surface area contributed by atoms with Crippen molar-refractivity contribution in [2.24, 2.45) is 0 Å². The molecular formula is C24H16BrClO5. The zero-order valence-corrected chi connectivity index (χ0v) is 18.9. The minimum atomic E-state index is -0.517. The van der Waals surface area contributed by atoms with E-state index in [4.69, 9.17) is 25.5 Å². The molecule has 0 unspecified atom stereocenters. The Hall–Kier alpha value is -3.09. The van der Waals surface area contributed by atoms with Crippen LogP contribution < -0.4 is 14.9 Å². The van der Waals surface area contributed by atoms with E-state index in [0.29, 0.717) is 21.7 Å². The van der Waals surface area contributed by atoms with Crippen LogP contribution in [0.1, 0.15) is 21.5 Å². The van der Waals surface area contributed by atoms with Crippen LogP contribution >= 0.6 is 27.5 Å². The van der Waals surface area contributed by atoms with Crippen molar-refractivity contribution in [1.29, 1.82) is 0 Å². The van der Waals surface area contributed by atoms with Gasteiger partial charge in [0, 0.05) is 15.6 Å². The summed E-state index contributed by atoms with van der Waals surface area (Å²) in [6, 6.07) is 14.9. The number of ether oxygens (including phenoxy) is 2. The summed E-state index contributed by atoms with van der Waals surface area (Å²) in [4.78, 5) is 25.2. The van der Waals surface area contributed by atoms with Crippen LogP contribution in [-0.4, -0.2) is 5.97 Å². The third-order valence-electron chi connectivity index (χ3n) is 4.62. The van der Waals surface area contributed by atoms with Crippen molar-refractivity contribution in [2.45, 2.75) is 13.8 Å². The lowest BCUT2D eigenvalue weighted by molar-refractivity contribution is 0.0735. The topological polar surface area (TPSA) is 65.7 Å². The van der Waals surface area contributed by atoms with Gasteiger partial charge in [0.25, 0.3) is 0 Å². The first kappa shape index (κ1) is 21.2. The molecule has 7 heteroatoms. The van der Waals surface area contributed by atoms with Crippen LogP contribution in [0.3, 0.4) is 0 Å². The Morgan fingerprint density at radius 1 is 1.00 bits per heavy atom. The van der Waals surface area contributed by atoms with Gasteiger partial charge in [0.2, 0.25) is 11.2 Å². The van der Waals surface area contributed by atoms with Crippen molar-refractivity contribution in [1.82, 2.24) is 0 Å². The quantitative estimate of drug-likeness (QED) is 0.227. The number of fused-ring (bicyclic) bond motifs is 1. The summed E-state index contributed by atoms with van der Waals surface area (Å²) in [7, 11) is 0. The molecule has 0 atom stereocenters. The van der Waals surface area contributed by atoms with Gasteiger partial charge < -0.3 is 13.9 Å². The van der Waals surface area contributed by atoms with Gasteiger partial charge in [-0.15, -0.1) is 0 Å². The smallest absolute Gasteiger partial charge is 0.343 e. The molecule has 5 nitrogen and oxygen atoms in total. The second-order valence-electron chi connectivity index (χ2n) is 6.96. The largest absolute Gasteiger partial charge is 0.460 e. The molecule has 0 radical (unpaired) electrons. The number of esters is 1. The van der Waals surface area contributed by atoms with Gasteiger partial charge >= 0.3 is 5.97 Å². The molecule has 156 valence electrons. The molecule has 0 aliphatic heterocycles. The number of halogens is 2. The van der Waals surface area contributed by atoms with Gasteiger partial charge in [0.15, 0.2) is 0 Å². The third-order valence-corrected chi connectivity index (χ3v) is 5.71. The molecule has 0 fully saturated rings. The number of aryl methyl sites for hydroxylation is 2. The fraction of sp³-hybridized carbons (Fsp3) is 0.0833. The maximum Gasteiger partial charge on any atom is 0.343 e. The molecule has 31 heavy (non-hydrogen) atoms. The molecule has 0 saturated carbocycles. The highest BCUT2D eigenvalue weighted by atomic mass is 79.9. The van der Waals surface area contributed by atoms with Crippen molar-refractivity contribution in [3.8, 4) is 17.2 Å². The molecule has 0 amide bonds. The fourth-order valence-corrected chi connectivity index (χ4v) is 3.61. The summed E-state index contributed by atoms with van der Waals surface area (Å²) in [6.07, 6.45) is 1.24. The maximum atomic E-state index is 12.8. The van der Waals surface area contributed by atoms with Crippen LogP contribution in [0.2, 0.25) is 5.02 Å². The minimum Gasteiger partial charge on any atom is -0.460 e. The average molecular weight is 500 g/mol. The van der Waals surface area contributed by atoms with Gasteiger partial charge in [-0.3, -0.25) is 4.79 Å². The molecule has 0 N–H and O–H groups in total. The summed E-state index contributed by atoms with van der Waals surface area (Å²) in [6.45, 7) is 3.73. The molecule has 4 aromatic rings. The first-order valence-corrected chi connectivity index (χ1v) is 10.5. The molecule has 0 spiro atoms. The van der Waals surface area contributed by atoms with Crippen LogP contribution in [-0.2, 0) is 0 Å². The number of carbonyl (C=O) groups is 1. The van der Waals surface area contributed by atoms with Gasteiger partial charge in [-0.25, -0.2) is 4.79 Å². The first-order chi connectivity index (χ1) is 14.8. The standard InChI is InChI=1S/C24H16BrClO5/c1-13-8-18(9-14(2)22(13)26)30-21-12-29-20-11-17(6-7-19(20)23(21)27)31-24(28)15-4-3-5-16(25)10-15/h3-12H,1-2H3. The van der Waals surface area contributed by atoms with E-state index in [2.05, 4.69) is 15.9 Å². The van der Waals surface area contributed by atoms with Crippen molar-refractivity contribution in [2.75, 3.05) is 0 Å². The summed E-state index contributed by atoms with van der Waals surface area (Å²) in [5.41, 5.74) is 2.03. The number of hydrogen-bond acceptors (Lipinski definition) is 5. The van der Waals surface area contributed by atoms with Crippen LogP contribution in [0.5, 0.6) is 17.2 Å². The van der Waals surface area contributed by atoms with E-state index in [1.54, 1.807) is 30.3 Å². The van der Waals surface area contributed by atoms with E-state index in [9.17, 15) is 9.59 Å². The Morgan fingerprint density at radius 2 is 1.74 bits per heavy atom. The normalized spacial score (nSPS) is 10.8. The number of hydrogen-bond donors (Lipinski definition) is 0. The molecule has 0 saturated heterocycles. The highest BCUT2D eigenvalue weighted by Crippen LogP contribution is 2.29. The molecule has 0 aliphatic carbocycles. The second-order valence-corrected chi connectivity index (χ2v) is 8.25. The summed E-state index contributed by atoms with van der Waals surface area (Å²) in [5, 5.41) is 0.963. The molecule has 0 bridgehead atoms. The zero-order valence-electron chi connectivity index (χ0n) is 16.6. The molecule has 0 aliphatic rings. The van der Waals surface area contributed by atoms with Crippen LogP contribution in [0.25, 0.3) is 11.0 Å². The van der Waals surface area contributed by atoms with Gasteiger partial charge in [0.1, 0.15) is 23.3 Å². The lowest BCUT2D eigenvalue weighted by Gasteiger charge is -2.10. The highest BCUT2D eigenvalue weighted by molar-refractivity contribution is 9.10. The van der Waals surface area contributed by atoms with Crippen LogP contribution in [0.4, 0.5) is 0 Å². The highest BCUT2D eigenvalue weighted by Gasteiger charge is 2.14. The summed E-state index contributed by atoms with van der Waals surface area (Å²) in [5.74, 6) is 0.285. The molecule has 1 heterocycles. The Kier molecular flexibility index (Phi) is 5.85. The van der Waals surface area contributed by atoms with Gasteiger partial charge in [0.05, 0.1) is 10.9 Å². The molecular weight excluding hydrogens is 484 g/mol. The van der Waals surface area contributed by atoms with E-state index < -0.39 is 5.97 Å². The van der Waals surface area contributed by atoms with Gasteiger partial charge in [-0.1, -0.05) is 33.6 Å². The number of benzene rings is 3. The second kappa shape index (κ2) is 8.57. The summed E-state index contributed by atoms with van der Waals surface area (Å²) < 4.78 is 17.5. The Bertz CT molecular complexity index is 1350. The van der Waals surface area contributed by atoms with E-state index in [-0.39, 0.29) is 22.5 Å². The van der Waals surface area contributed by atoms with E-state index in [1.807, 2.05) is 19.9 Å². The molecule has 3 aromatic carbocycles. The summed E-state index contributed by atoms with van der Waals surface area (Å²) >= 11 is 9.51. The lowest BCUT2D eigenvalue weighted by atomic mass is 10.1. The SMILES string of the molecule is Cc1cc(Oc2coc3cc(OC(=O)c4cccc(Br)c4)ccc3c2=O)cc(C)c1Cl. The van der Waals surface area contributed by atoms with Crippen molar-refractivity contribution < 1.29 is 18.7 Å². The van der Waals surface area contributed by atoms with Crippen molar-refractivity contribution in [3.05, 3.63) is 97.3 Å². The predicted octanol–water partition coefficient (Wildman–Crippen LogP) is 6.84. The van der Waals surface area contributed by atoms with Crippen LogP contribution in [0, 0.1) is 13.8 Å². The van der Waals surface area contributed by atoms with Crippen molar-refractivity contribution in [3.63, 3.8) is 0 Å². The molecule has 1 aromatic heterocycles. The Labute approximate surface area is 191 Å². The van der Waals surface area contributed by atoms with E-state index >= 15 is 0 Å². The third kappa shape index (κ3) is 4.50. The Morgan fingerprint density at radius 3 is 2.45 bits per heavy atom.